The molecule has 0 fully saturated rings. The number of rotatable bonds is 8. The van der Waals surface area contributed by atoms with E-state index < -0.39 is 0 Å². The van der Waals surface area contributed by atoms with Gasteiger partial charge in [-0.1, -0.05) is 37.7 Å². The maximum absolute atomic E-state index is 8.51. The van der Waals surface area contributed by atoms with Crippen molar-refractivity contribution in [2.24, 2.45) is 0 Å². The number of nitrogens with zero attached hydrogens (tertiary/aromatic N) is 4. The molecule has 0 spiro atoms. The van der Waals surface area contributed by atoms with Crippen molar-refractivity contribution in [2.45, 2.75) is 44.4 Å². The maximum atomic E-state index is 8.51. The van der Waals surface area contributed by atoms with Crippen molar-refractivity contribution in [3.05, 3.63) is 35.7 Å². The lowest BCUT2D eigenvalue weighted by Gasteiger charge is -2.08. The topological polar surface area (TPSA) is 89.8 Å². The minimum atomic E-state index is 0.267. The summed E-state index contributed by atoms with van der Waals surface area (Å²) in [5.41, 5.74) is 1.27. The normalized spacial score (nSPS) is 10.7. The molecular formula is C16H21N5OS. The summed E-state index contributed by atoms with van der Waals surface area (Å²) in [6.45, 7) is 4.58. The average molecular weight is 331 g/mol. The zero-order valence-electron chi connectivity index (χ0n) is 13.4. The number of ether oxygens (including phenoxy) is 1. The second-order valence-electron chi connectivity index (χ2n) is 5.39. The maximum Gasteiger partial charge on any atom is 0.209 e. The van der Waals surface area contributed by atoms with Crippen LogP contribution in [0.2, 0.25) is 0 Å². The Morgan fingerprint density at radius 2 is 2.04 bits per heavy atom. The zero-order chi connectivity index (χ0) is 16.7. The Morgan fingerprint density at radius 3 is 2.70 bits per heavy atom. The van der Waals surface area contributed by atoms with E-state index in [1.54, 1.807) is 0 Å². The van der Waals surface area contributed by atoms with E-state index in [-0.39, 0.29) is 6.61 Å². The van der Waals surface area contributed by atoms with Gasteiger partial charge in [-0.25, -0.2) is 4.68 Å². The van der Waals surface area contributed by atoms with Gasteiger partial charge in [0, 0.05) is 12.2 Å². The SMILES string of the molecule is CC(C)c1ccc(OCc2nnc(SCCCC#N)n2N)cc1. The highest BCUT2D eigenvalue weighted by Gasteiger charge is 2.10. The molecule has 1 aromatic heterocycles. The molecule has 0 unspecified atom stereocenters. The van der Waals surface area contributed by atoms with Crippen LogP contribution in [-0.2, 0) is 6.61 Å². The molecular weight excluding hydrogens is 310 g/mol. The Hall–Kier alpha value is -2.20. The highest BCUT2D eigenvalue weighted by atomic mass is 32.2. The smallest absolute Gasteiger partial charge is 0.209 e. The molecule has 2 rings (SSSR count). The summed E-state index contributed by atoms with van der Waals surface area (Å²) in [6.07, 6.45) is 1.34. The van der Waals surface area contributed by atoms with Crippen LogP contribution in [0.5, 0.6) is 5.75 Å². The van der Waals surface area contributed by atoms with Crippen LogP contribution in [0.1, 0.15) is 44.0 Å². The number of hydrogen-bond acceptors (Lipinski definition) is 6. The van der Waals surface area contributed by atoms with Crippen LogP contribution in [-0.4, -0.2) is 20.6 Å². The Labute approximate surface area is 140 Å². The molecule has 2 N–H and O–H groups in total. The molecule has 1 heterocycles. The molecule has 2 aromatic rings. The molecule has 0 radical (unpaired) electrons. The second kappa shape index (κ2) is 8.44. The molecule has 1 aromatic carbocycles. The van der Waals surface area contributed by atoms with Gasteiger partial charge in [-0.3, -0.25) is 0 Å². The third-order valence-corrected chi connectivity index (χ3v) is 4.34. The lowest BCUT2D eigenvalue weighted by molar-refractivity contribution is 0.291. The fourth-order valence-corrected chi connectivity index (χ4v) is 2.73. The van der Waals surface area contributed by atoms with Gasteiger partial charge in [-0.15, -0.1) is 10.2 Å². The molecule has 0 aliphatic carbocycles. The van der Waals surface area contributed by atoms with Crippen LogP contribution in [0.15, 0.2) is 29.4 Å². The lowest BCUT2D eigenvalue weighted by atomic mass is 10.0. The van der Waals surface area contributed by atoms with Gasteiger partial charge >= 0.3 is 0 Å². The number of hydrogen-bond donors (Lipinski definition) is 1. The van der Waals surface area contributed by atoms with Gasteiger partial charge in [0.25, 0.3) is 0 Å². The van der Waals surface area contributed by atoms with Crippen LogP contribution < -0.4 is 10.6 Å². The van der Waals surface area contributed by atoms with Gasteiger partial charge < -0.3 is 10.6 Å². The number of nitrogen functional groups attached to an aromatic ring is 1. The quantitative estimate of drug-likeness (QED) is 0.454. The van der Waals surface area contributed by atoms with E-state index in [4.69, 9.17) is 15.8 Å². The first-order chi connectivity index (χ1) is 11.1. The van der Waals surface area contributed by atoms with Crippen LogP contribution in [0, 0.1) is 11.3 Å². The van der Waals surface area contributed by atoms with Gasteiger partial charge in [-0.2, -0.15) is 5.26 Å². The zero-order valence-corrected chi connectivity index (χ0v) is 14.2. The second-order valence-corrected chi connectivity index (χ2v) is 6.45. The molecule has 0 bridgehead atoms. The fourth-order valence-electron chi connectivity index (χ4n) is 1.92. The first-order valence-corrected chi connectivity index (χ1v) is 8.52. The molecule has 0 saturated heterocycles. The number of aromatic nitrogens is 3. The molecule has 0 amide bonds. The predicted octanol–water partition coefficient (Wildman–Crippen LogP) is 3.09. The Kier molecular flexibility index (Phi) is 6.29. The minimum Gasteiger partial charge on any atom is -0.486 e. The Morgan fingerprint density at radius 1 is 1.30 bits per heavy atom. The summed E-state index contributed by atoms with van der Waals surface area (Å²) in [4.78, 5) is 0. The molecule has 0 aliphatic rings. The standard InChI is InChI=1S/C16H21N5OS/c1-12(2)13-5-7-14(8-6-13)22-11-15-19-20-16(21(15)18)23-10-4-3-9-17/h5-8,12H,3-4,10-11,18H2,1-2H3. The highest BCUT2D eigenvalue weighted by Crippen LogP contribution is 2.20. The van der Waals surface area contributed by atoms with Crippen molar-refractivity contribution in [3.63, 3.8) is 0 Å². The van der Waals surface area contributed by atoms with Crippen LogP contribution >= 0.6 is 11.8 Å². The summed E-state index contributed by atoms with van der Waals surface area (Å²) < 4.78 is 7.15. The Bertz CT molecular complexity index is 660. The van der Waals surface area contributed by atoms with E-state index in [0.29, 0.717) is 23.3 Å². The molecule has 0 atom stereocenters. The number of nitriles is 1. The number of unbranched alkanes of at least 4 members (excludes halogenated alkanes) is 1. The number of benzene rings is 1. The predicted molar refractivity (Wildman–Crippen MR) is 90.6 cm³/mol. The molecule has 122 valence electrons. The van der Waals surface area contributed by atoms with Crippen LogP contribution in [0.25, 0.3) is 0 Å². The van der Waals surface area contributed by atoms with Crippen LogP contribution in [0.3, 0.4) is 0 Å². The van der Waals surface area contributed by atoms with Gasteiger partial charge in [0.05, 0.1) is 6.07 Å². The molecule has 0 aliphatic heterocycles. The van der Waals surface area contributed by atoms with E-state index in [0.717, 1.165) is 17.9 Å². The molecule has 7 heteroatoms. The molecule has 0 saturated carbocycles. The first-order valence-electron chi connectivity index (χ1n) is 7.53. The van der Waals surface area contributed by atoms with E-state index in [1.807, 2.05) is 12.1 Å². The van der Waals surface area contributed by atoms with Crippen molar-refractivity contribution < 1.29 is 4.74 Å². The van der Waals surface area contributed by atoms with Gasteiger partial charge in [0.15, 0.2) is 5.82 Å². The number of nitrogens with two attached hydrogens (primary N) is 1. The summed E-state index contributed by atoms with van der Waals surface area (Å²) in [5, 5.41) is 17.3. The van der Waals surface area contributed by atoms with E-state index in [9.17, 15) is 0 Å². The molecule has 6 nitrogen and oxygen atoms in total. The minimum absolute atomic E-state index is 0.267. The summed E-state index contributed by atoms with van der Waals surface area (Å²) in [6, 6.07) is 10.1. The average Bonchev–Trinajstić information content (AvgIpc) is 2.90. The van der Waals surface area contributed by atoms with Crippen molar-refractivity contribution in [1.82, 2.24) is 14.9 Å². The fraction of sp³-hybridized carbons (Fsp3) is 0.438. The van der Waals surface area contributed by atoms with Crippen molar-refractivity contribution in [3.8, 4) is 11.8 Å². The van der Waals surface area contributed by atoms with Crippen molar-refractivity contribution in [2.75, 3.05) is 11.6 Å². The van der Waals surface area contributed by atoms with Gasteiger partial charge in [0.1, 0.15) is 12.4 Å². The van der Waals surface area contributed by atoms with Crippen molar-refractivity contribution in [1.29, 1.82) is 5.26 Å². The lowest BCUT2D eigenvalue weighted by Crippen LogP contribution is -2.15. The number of thioether (sulfide) groups is 1. The summed E-state index contributed by atoms with van der Waals surface area (Å²) in [5.74, 6) is 8.61. The van der Waals surface area contributed by atoms with Gasteiger partial charge in [-0.05, 0) is 30.0 Å². The third-order valence-electron chi connectivity index (χ3n) is 3.31. The van der Waals surface area contributed by atoms with E-state index in [1.165, 1.54) is 22.0 Å². The van der Waals surface area contributed by atoms with E-state index >= 15 is 0 Å². The largest absolute Gasteiger partial charge is 0.486 e. The van der Waals surface area contributed by atoms with Crippen molar-refractivity contribution >= 4 is 11.8 Å². The first kappa shape index (κ1) is 17.2. The Balaban J connectivity index is 1.88. The summed E-state index contributed by atoms with van der Waals surface area (Å²) in [7, 11) is 0. The third kappa shape index (κ3) is 4.89. The van der Waals surface area contributed by atoms with Crippen LogP contribution in [0.4, 0.5) is 0 Å². The monoisotopic (exact) mass is 331 g/mol. The summed E-state index contributed by atoms with van der Waals surface area (Å²) >= 11 is 1.49. The molecule has 23 heavy (non-hydrogen) atoms. The van der Waals surface area contributed by atoms with E-state index in [2.05, 4.69) is 42.2 Å². The highest BCUT2D eigenvalue weighted by molar-refractivity contribution is 7.99. The van der Waals surface area contributed by atoms with Gasteiger partial charge in [0.2, 0.25) is 5.16 Å².